The Balaban J connectivity index is 1.73. The highest BCUT2D eigenvalue weighted by Crippen LogP contribution is 2.20. The van der Waals surface area contributed by atoms with E-state index in [0.717, 1.165) is 10.0 Å². The average Bonchev–Trinajstić information content (AvgIpc) is 3.10. The zero-order chi connectivity index (χ0) is 17.8. The van der Waals surface area contributed by atoms with Gasteiger partial charge < -0.3 is 5.11 Å². The van der Waals surface area contributed by atoms with Crippen LogP contribution >= 0.6 is 15.9 Å². The number of hydrogen-bond donors (Lipinski definition) is 3. The second-order valence-electron chi connectivity index (χ2n) is 5.33. The fourth-order valence-corrected chi connectivity index (χ4v) is 2.51. The van der Waals surface area contributed by atoms with Crippen molar-refractivity contribution in [3.63, 3.8) is 0 Å². The van der Waals surface area contributed by atoms with Gasteiger partial charge in [-0.2, -0.15) is 10.2 Å². The summed E-state index contributed by atoms with van der Waals surface area (Å²) in [7, 11) is 0. The number of carbonyl (C=O) groups is 1. The minimum Gasteiger partial charge on any atom is -0.507 e. The quantitative estimate of drug-likeness (QED) is 0.462. The van der Waals surface area contributed by atoms with Crippen LogP contribution in [0.25, 0.3) is 11.3 Å². The third kappa shape index (κ3) is 3.95. The molecule has 126 valence electrons. The van der Waals surface area contributed by atoms with Crippen LogP contribution in [0.3, 0.4) is 0 Å². The molecule has 3 aromatic rings. The maximum atomic E-state index is 12.2. The summed E-state index contributed by atoms with van der Waals surface area (Å²) in [6.45, 7) is 1.70. The van der Waals surface area contributed by atoms with Crippen LogP contribution in [-0.4, -0.2) is 26.9 Å². The van der Waals surface area contributed by atoms with Gasteiger partial charge in [0, 0.05) is 15.6 Å². The summed E-state index contributed by atoms with van der Waals surface area (Å²) in [5.41, 5.74) is 5.37. The van der Waals surface area contributed by atoms with Gasteiger partial charge >= 0.3 is 0 Å². The third-order valence-corrected chi connectivity index (χ3v) is 4.11. The SMILES string of the molecule is C/C(=N/NC(=O)c1cc(-c2ccc(Br)cc2)n[nH]1)c1ccccc1O. The van der Waals surface area contributed by atoms with Gasteiger partial charge in [-0.15, -0.1) is 0 Å². The molecule has 0 aliphatic rings. The van der Waals surface area contributed by atoms with Crippen molar-refractivity contribution in [1.82, 2.24) is 15.6 Å². The van der Waals surface area contributed by atoms with Gasteiger partial charge in [-0.05, 0) is 37.3 Å². The molecule has 7 heteroatoms. The van der Waals surface area contributed by atoms with E-state index in [1.165, 1.54) is 0 Å². The lowest BCUT2D eigenvalue weighted by Gasteiger charge is -2.03. The first kappa shape index (κ1) is 16.9. The van der Waals surface area contributed by atoms with Crippen molar-refractivity contribution in [2.45, 2.75) is 6.92 Å². The lowest BCUT2D eigenvalue weighted by Crippen LogP contribution is -2.19. The summed E-state index contributed by atoms with van der Waals surface area (Å²) in [4.78, 5) is 12.2. The smallest absolute Gasteiger partial charge is 0.289 e. The van der Waals surface area contributed by atoms with Gasteiger partial charge in [0.05, 0.1) is 11.4 Å². The van der Waals surface area contributed by atoms with Crippen LogP contribution in [0.4, 0.5) is 0 Å². The molecule has 0 aliphatic heterocycles. The zero-order valence-corrected chi connectivity index (χ0v) is 14.9. The number of phenols is 1. The number of aromatic nitrogens is 2. The Labute approximate surface area is 152 Å². The van der Waals surface area contributed by atoms with Crippen LogP contribution in [0.15, 0.2) is 64.2 Å². The lowest BCUT2D eigenvalue weighted by atomic mass is 10.1. The van der Waals surface area contributed by atoms with Gasteiger partial charge in [-0.1, -0.05) is 40.2 Å². The number of nitrogens with zero attached hydrogens (tertiary/aromatic N) is 2. The van der Waals surface area contributed by atoms with Gasteiger partial charge in [0.15, 0.2) is 0 Å². The number of amides is 1. The molecular weight excluding hydrogens is 384 g/mol. The highest BCUT2D eigenvalue weighted by molar-refractivity contribution is 9.10. The number of aromatic hydroxyl groups is 1. The van der Waals surface area contributed by atoms with E-state index in [9.17, 15) is 9.90 Å². The Bertz CT molecular complexity index is 932. The van der Waals surface area contributed by atoms with E-state index in [1.54, 1.807) is 37.3 Å². The molecule has 1 heterocycles. The molecule has 1 amide bonds. The minimum atomic E-state index is -0.411. The molecule has 25 heavy (non-hydrogen) atoms. The maximum Gasteiger partial charge on any atom is 0.289 e. The van der Waals surface area contributed by atoms with E-state index in [1.807, 2.05) is 24.3 Å². The highest BCUT2D eigenvalue weighted by Gasteiger charge is 2.11. The summed E-state index contributed by atoms with van der Waals surface area (Å²) in [6.07, 6.45) is 0. The van der Waals surface area contributed by atoms with Crippen molar-refractivity contribution < 1.29 is 9.90 Å². The first-order valence-corrected chi connectivity index (χ1v) is 8.28. The van der Waals surface area contributed by atoms with Crippen molar-refractivity contribution in [2.75, 3.05) is 0 Å². The molecule has 2 aromatic carbocycles. The summed E-state index contributed by atoms with van der Waals surface area (Å²) < 4.78 is 0.971. The van der Waals surface area contributed by atoms with Gasteiger partial charge in [0.1, 0.15) is 11.4 Å². The maximum absolute atomic E-state index is 12.2. The molecule has 0 bridgehead atoms. The number of carbonyl (C=O) groups excluding carboxylic acids is 1. The number of para-hydroxylation sites is 1. The van der Waals surface area contributed by atoms with E-state index in [0.29, 0.717) is 22.7 Å². The zero-order valence-electron chi connectivity index (χ0n) is 13.3. The van der Waals surface area contributed by atoms with Crippen molar-refractivity contribution in [3.8, 4) is 17.0 Å². The topological polar surface area (TPSA) is 90.4 Å². The van der Waals surface area contributed by atoms with E-state index in [4.69, 9.17) is 0 Å². The summed E-state index contributed by atoms with van der Waals surface area (Å²) in [6, 6.07) is 16.1. The Kier molecular flexibility index (Phi) is 4.95. The molecule has 1 aromatic heterocycles. The fraction of sp³-hybridized carbons (Fsp3) is 0.0556. The standard InChI is InChI=1S/C18H15BrN4O2/c1-11(14-4-2-3-5-17(14)24)20-23-18(25)16-10-15(21-22-16)12-6-8-13(19)9-7-12/h2-10,24H,1H3,(H,21,22)(H,23,25)/b20-11-. The second kappa shape index (κ2) is 7.31. The number of H-pyrrole nitrogens is 1. The second-order valence-corrected chi connectivity index (χ2v) is 6.24. The van der Waals surface area contributed by atoms with Gasteiger partial charge in [0.2, 0.25) is 0 Å². The molecule has 0 radical (unpaired) electrons. The Morgan fingerprint density at radius 1 is 1.20 bits per heavy atom. The van der Waals surface area contributed by atoms with Gasteiger partial charge in [-0.3, -0.25) is 9.89 Å². The summed E-state index contributed by atoms with van der Waals surface area (Å²) in [5, 5.41) is 20.7. The van der Waals surface area contributed by atoms with Crippen LogP contribution in [0.2, 0.25) is 0 Å². The number of hydrogen-bond acceptors (Lipinski definition) is 4. The predicted molar refractivity (Wildman–Crippen MR) is 99.5 cm³/mol. The first-order chi connectivity index (χ1) is 12.0. The average molecular weight is 399 g/mol. The fourth-order valence-electron chi connectivity index (χ4n) is 2.24. The molecule has 0 spiro atoms. The molecule has 6 nitrogen and oxygen atoms in total. The monoisotopic (exact) mass is 398 g/mol. The molecule has 3 rings (SSSR count). The van der Waals surface area contributed by atoms with Crippen LogP contribution in [0.5, 0.6) is 5.75 Å². The number of halogens is 1. The molecular formula is C18H15BrN4O2. The Morgan fingerprint density at radius 2 is 1.92 bits per heavy atom. The van der Waals surface area contributed by atoms with E-state index in [-0.39, 0.29) is 5.75 Å². The first-order valence-electron chi connectivity index (χ1n) is 7.49. The highest BCUT2D eigenvalue weighted by atomic mass is 79.9. The number of nitrogens with one attached hydrogen (secondary N) is 2. The minimum absolute atomic E-state index is 0.108. The van der Waals surface area contributed by atoms with Gasteiger partial charge in [0.25, 0.3) is 5.91 Å². The summed E-state index contributed by atoms with van der Waals surface area (Å²) >= 11 is 3.38. The number of benzene rings is 2. The molecule has 0 atom stereocenters. The number of rotatable bonds is 4. The van der Waals surface area contributed by atoms with Gasteiger partial charge in [-0.25, -0.2) is 5.43 Å². The van der Waals surface area contributed by atoms with E-state index >= 15 is 0 Å². The normalized spacial score (nSPS) is 11.4. The molecule has 0 saturated carbocycles. The largest absolute Gasteiger partial charge is 0.507 e. The Morgan fingerprint density at radius 3 is 2.64 bits per heavy atom. The van der Waals surface area contributed by atoms with Crippen molar-refractivity contribution in [1.29, 1.82) is 0 Å². The molecule has 0 saturated heterocycles. The number of aromatic amines is 1. The molecule has 0 unspecified atom stereocenters. The molecule has 3 N–H and O–H groups in total. The van der Waals surface area contributed by atoms with Crippen LogP contribution in [0, 0.1) is 0 Å². The van der Waals surface area contributed by atoms with Crippen LogP contribution in [-0.2, 0) is 0 Å². The third-order valence-electron chi connectivity index (χ3n) is 3.58. The lowest BCUT2D eigenvalue weighted by molar-refractivity contribution is 0.0950. The van der Waals surface area contributed by atoms with Crippen LogP contribution in [0.1, 0.15) is 23.0 Å². The summed E-state index contributed by atoms with van der Waals surface area (Å²) in [5.74, 6) is -0.303. The molecule has 0 fully saturated rings. The van der Waals surface area contributed by atoms with Crippen LogP contribution < -0.4 is 5.43 Å². The molecule has 0 aliphatic carbocycles. The van der Waals surface area contributed by atoms with Crippen molar-refractivity contribution in [2.24, 2.45) is 5.10 Å². The van der Waals surface area contributed by atoms with Crippen molar-refractivity contribution in [3.05, 3.63) is 70.3 Å². The number of hydrazone groups is 1. The predicted octanol–water partition coefficient (Wildman–Crippen LogP) is 3.70. The Hall–Kier alpha value is -2.93. The van der Waals surface area contributed by atoms with E-state index in [2.05, 4.69) is 36.7 Å². The van der Waals surface area contributed by atoms with Crippen molar-refractivity contribution >= 4 is 27.5 Å². The van der Waals surface area contributed by atoms with E-state index < -0.39 is 5.91 Å². The number of phenolic OH excluding ortho intramolecular Hbond substituents is 1.